The third-order valence-electron chi connectivity index (χ3n) is 3.96. The SMILES string of the molecule is COCC1(C)CC=C(c2n[nH]c3cccnc23)CC1. The van der Waals surface area contributed by atoms with Crippen LogP contribution in [0.4, 0.5) is 0 Å². The lowest BCUT2D eigenvalue weighted by molar-refractivity contribution is 0.0860. The van der Waals surface area contributed by atoms with Crippen molar-refractivity contribution < 1.29 is 4.74 Å². The number of hydrogen-bond acceptors (Lipinski definition) is 3. The quantitative estimate of drug-likeness (QED) is 0.918. The van der Waals surface area contributed by atoms with Crippen LogP contribution in [0.15, 0.2) is 24.4 Å². The van der Waals surface area contributed by atoms with Gasteiger partial charge in [-0.25, -0.2) is 0 Å². The number of ether oxygens (including phenoxy) is 1. The van der Waals surface area contributed by atoms with E-state index in [1.165, 1.54) is 5.57 Å². The second kappa shape index (κ2) is 4.78. The van der Waals surface area contributed by atoms with E-state index in [9.17, 15) is 0 Å². The van der Waals surface area contributed by atoms with Gasteiger partial charge >= 0.3 is 0 Å². The van der Waals surface area contributed by atoms with Gasteiger partial charge in [-0.15, -0.1) is 0 Å². The maximum absolute atomic E-state index is 5.32. The van der Waals surface area contributed by atoms with Crippen LogP contribution in [0.3, 0.4) is 0 Å². The number of fused-ring (bicyclic) bond motifs is 1. The highest BCUT2D eigenvalue weighted by atomic mass is 16.5. The lowest BCUT2D eigenvalue weighted by Crippen LogP contribution is -2.24. The summed E-state index contributed by atoms with van der Waals surface area (Å²) in [6, 6.07) is 3.94. The van der Waals surface area contributed by atoms with Crippen LogP contribution in [0.5, 0.6) is 0 Å². The molecule has 0 aromatic carbocycles. The minimum absolute atomic E-state index is 0.262. The number of rotatable bonds is 3. The van der Waals surface area contributed by atoms with Gasteiger partial charge < -0.3 is 4.74 Å². The normalized spacial score (nSPS) is 23.6. The van der Waals surface area contributed by atoms with Crippen LogP contribution in [0.2, 0.25) is 0 Å². The van der Waals surface area contributed by atoms with Gasteiger partial charge in [0, 0.05) is 13.3 Å². The molecule has 3 rings (SSSR count). The van der Waals surface area contributed by atoms with Crippen molar-refractivity contribution in [3.05, 3.63) is 30.1 Å². The Balaban J connectivity index is 1.90. The fourth-order valence-corrected chi connectivity index (χ4v) is 2.78. The van der Waals surface area contributed by atoms with Crippen molar-refractivity contribution >= 4 is 16.6 Å². The molecule has 0 saturated carbocycles. The maximum Gasteiger partial charge on any atom is 0.116 e. The Morgan fingerprint density at radius 3 is 3.11 bits per heavy atom. The summed E-state index contributed by atoms with van der Waals surface area (Å²) < 4.78 is 5.32. The lowest BCUT2D eigenvalue weighted by atomic mass is 9.76. The number of nitrogens with zero attached hydrogens (tertiary/aromatic N) is 2. The predicted octanol–water partition coefficient (Wildman–Crippen LogP) is 3.18. The number of aromatic amines is 1. The highest BCUT2D eigenvalue weighted by Gasteiger charge is 2.28. The van der Waals surface area contributed by atoms with E-state index in [1.54, 1.807) is 7.11 Å². The third kappa shape index (κ3) is 2.28. The van der Waals surface area contributed by atoms with Gasteiger partial charge in [0.1, 0.15) is 11.2 Å². The molecular formula is C15H19N3O. The molecule has 4 nitrogen and oxygen atoms in total. The molecule has 1 unspecified atom stereocenters. The molecule has 0 radical (unpaired) electrons. The average molecular weight is 257 g/mol. The Morgan fingerprint density at radius 1 is 1.47 bits per heavy atom. The molecule has 2 aromatic heterocycles. The zero-order valence-electron chi connectivity index (χ0n) is 11.4. The van der Waals surface area contributed by atoms with E-state index < -0.39 is 0 Å². The van der Waals surface area contributed by atoms with Crippen LogP contribution < -0.4 is 0 Å². The molecule has 0 saturated heterocycles. The van der Waals surface area contributed by atoms with Gasteiger partial charge in [-0.3, -0.25) is 10.1 Å². The highest BCUT2D eigenvalue weighted by molar-refractivity contribution is 5.87. The van der Waals surface area contributed by atoms with E-state index in [4.69, 9.17) is 4.74 Å². The predicted molar refractivity (Wildman–Crippen MR) is 75.7 cm³/mol. The van der Waals surface area contributed by atoms with Crippen molar-refractivity contribution in [1.82, 2.24) is 15.2 Å². The first-order valence-corrected chi connectivity index (χ1v) is 6.69. The first-order chi connectivity index (χ1) is 9.22. The summed E-state index contributed by atoms with van der Waals surface area (Å²) >= 11 is 0. The van der Waals surface area contributed by atoms with E-state index in [0.717, 1.165) is 42.6 Å². The van der Waals surface area contributed by atoms with E-state index in [-0.39, 0.29) is 5.41 Å². The van der Waals surface area contributed by atoms with Gasteiger partial charge in [0.2, 0.25) is 0 Å². The molecule has 0 fully saturated rings. The number of pyridine rings is 1. The molecule has 2 aromatic rings. The van der Waals surface area contributed by atoms with Crippen LogP contribution in [-0.2, 0) is 4.74 Å². The number of hydrogen-bond donors (Lipinski definition) is 1. The molecule has 2 heterocycles. The largest absolute Gasteiger partial charge is 0.384 e. The monoisotopic (exact) mass is 257 g/mol. The van der Waals surface area contributed by atoms with E-state index in [1.807, 2.05) is 18.3 Å². The number of nitrogens with one attached hydrogen (secondary N) is 1. The van der Waals surface area contributed by atoms with Gasteiger partial charge in [-0.1, -0.05) is 13.0 Å². The fourth-order valence-electron chi connectivity index (χ4n) is 2.78. The molecule has 0 spiro atoms. The first-order valence-electron chi connectivity index (χ1n) is 6.69. The molecule has 0 aliphatic heterocycles. The van der Waals surface area contributed by atoms with Crippen LogP contribution >= 0.6 is 0 Å². The molecule has 0 amide bonds. The minimum atomic E-state index is 0.262. The zero-order chi connectivity index (χ0) is 13.3. The first kappa shape index (κ1) is 12.4. The number of H-pyrrole nitrogens is 1. The smallest absolute Gasteiger partial charge is 0.116 e. The van der Waals surface area contributed by atoms with Crippen LogP contribution in [0.25, 0.3) is 16.6 Å². The Morgan fingerprint density at radius 2 is 2.37 bits per heavy atom. The van der Waals surface area contributed by atoms with Crippen LogP contribution in [-0.4, -0.2) is 28.9 Å². The molecule has 1 atom stereocenters. The second-order valence-corrected chi connectivity index (χ2v) is 5.65. The summed E-state index contributed by atoms with van der Waals surface area (Å²) in [5.41, 5.74) is 4.55. The second-order valence-electron chi connectivity index (χ2n) is 5.65. The topological polar surface area (TPSA) is 50.8 Å². The third-order valence-corrected chi connectivity index (χ3v) is 3.96. The zero-order valence-corrected chi connectivity index (χ0v) is 11.4. The number of aromatic nitrogens is 3. The molecule has 0 bridgehead atoms. The summed E-state index contributed by atoms with van der Waals surface area (Å²) in [5, 5.41) is 7.48. The Hall–Kier alpha value is -1.68. The molecule has 100 valence electrons. The molecule has 1 aliphatic carbocycles. The number of methoxy groups -OCH3 is 1. The van der Waals surface area contributed by atoms with Gasteiger partial charge in [-0.05, 0) is 42.4 Å². The summed E-state index contributed by atoms with van der Waals surface area (Å²) in [6.45, 7) is 3.10. The number of allylic oxidation sites excluding steroid dienone is 2. The summed E-state index contributed by atoms with van der Waals surface area (Å²) in [6.07, 6.45) is 7.33. The molecule has 19 heavy (non-hydrogen) atoms. The van der Waals surface area contributed by atoms with Gasteiger partial charge in [0.15, 0.2) is 0 Å². The van der Waals surface area contributed by atoms with Crippen molar-refractivity contribution in [2.75, 3.05) is 13.7 Å². The Bertz CT molecular complexity index is 617. The standard InChI is InChI=1S/C15H19N3O/c1-15(10-19-2)7-5-11(6-8-15)13-14-12(17-18-13)4-3-9-16-14/h3-5,9H,6-8,10H2,1-2H3,(H,17,18). The molecule has 1 N–H and O–H groups in total. The maximum atomic E-state index is 5.32. The van der Waals surface area contributed by atoms with Gasteiger partial charge in [0.25, 0.3) is 0 Å². The van der Waals surface area contributed by atoms with E-state index in [0.29, 0.717) is 0 Å². The van der Waals surface area contributed by atoms with Crippen LogP contribution in [0, 0.1) is 5.41 Å². The van der Waals surface area contributed by atoms with Crippen molar-refractivity contribution in [2.24, 2.45) is 5.41 Å². The van der Waals surface area contributed by atoms with Crippen molar-refractivity contribution in [2.45, 2.75) is 26.2 Å². The fraction of sp³-hybridized carbons (Fsp3) is 0.467. The molecule has 4 heteroatoms. The van der Waals surface area contributed by atoms with E-state index in [2.05, 4.69) is 28.2 Å². The highest BCUT2D eigenvalue weighted by Crippen LogP contribution is 2.39. The summed E-state index contributed by atoms with van der Waals surface area (Å²) in [5.74, 6) is 0. The lowest BCUT2D eigenvalue weighted by Gasteiger charge is -2.31. The molecule has 1 aliphatic rings. The van der Waals surface area contributed by atoms with Crippen molar-refractivity contribution in [3.63, 3.8) is 0 Å². The Labute approximate surface area is 112 Å². The molecular weight excluding hydrogens is 238 g/mol. The van der Waals surface area contributed by atoms with Gasteiger partial charge in [0.05, 0.1) is 12.1 Å². The van der Waals surface area contributed by atoms with Crippen LogP contribution in [0.1, 0.15) is 31.9 Å². The van der Waals surface area contributed by atoms with Gasteiger partial charge in [-0.2, -0.15) is 5.10 Å². The summed E-state index contributed by atoms with van der Waals surface area (Å²) in [7, 11) is 1.77. The average Bonchev–Trinajstić information content (AvgIpc) is 2.84. The van der Waals surface area contributed by atoms with Crippen molar-refractivity contribution in [1.29, 1.82) is 0 Å². The van der Waals surface area contributed by atoms with E-state index >= 15 is 0 Å². The summed E-state index contributed by atoms with van der Waals surface area (Å²) in [4.78, 5) is 4.43. The Kier molecular flexibility index (Phi) is 3.11. The van der Waals surface area contributed by atoms with Crippen molar-refractivity contribution in [3.8, 4) is 0 Å². The minimum Gasteiger partial charge on any atom is -0.384 e.